The molecule has 0 bridgehead atoms. The Morgan fingerprint density at radius 1 is 0.808 bits per heavy atom. The number of halogens is 1. The molecule has 0 aliphatic carbocycles. The lowest BCUT2D eigenvalue weighted by atomic mass is 10.1. The van der Waals surface area contributed by atoms with Gasteiger partial charge in [0.15, 0.2) is 11.4 Å². The molecule has 4 heteroatoms. The molecule has 26 heavy (non-hydrogen) atoms. The molecular weight excluding hydrogens is 360 g/mol. The Labute approximate surface area is 162 Å². The Balaban J connectivity index is 1.67. The number of hydrogen-bond donors (Lipinski definition) is 1. The zero-order valence-electron chi connectivity index (χ0n) is 14.1. The first-order valence-electron chi connectivity index (χ1n) is 8.43. The normalized spacial score (nSPS) is 10.8. The fourth-order valence-electron chi connectivity index (χ4n) is 2.88. The summed E-state index contributed by atoms with van der Waals surface area (Å²) < 4.78 is 0. The SMILES string of the molecule is Clc1cccc(CSc2[nH]c(-c3ccccc3)c(-c3ccccc3)[nH+]2)c1. The number of imidazole rings is 1. The minimum absolute atomic E-state index is 0.772. The van der Waals surface area contributed by atoms with Crippen LogP contribution in [0.15, 0.2) is 90.1 Å². The molecule has 0 radical (unpaired) electrons. The van der Waals surface area contributed by atoms with Gasteiger partial charge in [0, 0.05) is 21.9 Å². The Hall–Kier alpha value is -2.49. The summed E-state index contributed by atoms with van der Waals surface area (Å²) in [6, 6.07) is 28.8. The minimum Gasteiger partial charge on any atom is -0.231 e. The first-order valence-corrected chi connectivity index (χ1v) is 9.79. The second-order valence-electron chi connectivity index (χ2n) is 5.98. The molecule has 0 saturated carbocycles. The number of rotatable bonds is 5. The van der Waals surface area contributed by atoms with Gasteiger partial charge in [0.05, 0.1) is 0 Å². The summed E-state index contributed by atoms with van der Waals surface area (Å²) in [4.78, 5) is 7.11. The maximum atomic E-state index is 6.09. The standard InChI is InChI=1S/C22H17ClN2S/c23-19-13-7-8-16(14-19)15-26-22-24-20(17-9-3-1-4-10-17)21(25-22)18-11-5-2-6-12-18/h1-14H,15H2,(H,24,25)/p+1. The zero-order valence-corrected chi connectivity index (χ0v) is 15.6. The van der Waals surface area contributed by atoms with Crippen LogP contribution in [-0.4, -0.2) is 4.98 Å². The van der Waals surface area contributed by atoms with E-state index in [9.17, 15) is 0 Å². The number of aromatic nitrogens is 2. The molecule has 3 aromatic carbocycles. The van der Waals surface area contributed by atoms with Crippen molar-refractivity contribution in [2.45, 2.75) is 10.9 Å². The molecule has 4 aromatic rings. The number of hydrogen-bond acceptors (Lipinski definition) is 1. The van der Waals surface area contributed by atoms with Gasteiger partial charge in [-0.3, -0.25) is 0 Å². The van der Waals surface area contributed by atoms with E-state index < -0.39 is 0 Å². The van der Waals surface area contributed by atoms with Gasteiger partial charge in [-0.1, -0.05) is 84.4 Å². The molecule has 0 fully saturated rings. The van der Waals surface area contributed by atoms with Gasteiger partial charge in [-0.05, 0) is 29.5 Å². The second-order valence-corrected chi connectivity index (χ2v) is 7.40. The average Bonchev–Trinajstić information content (AvgIpc) is 3.12. The second kappa shape index (κ2) is 7.81. The molecular formula is C22H18ClN2S+. The van der Waals surface area contributed by atoms with Gasteiger partial charge < -0.3 is 0 Å². The summed E-state index contributed by atoms with van der Waals surface area (Å²) in [7, 11) is 0. The van der Waals surface area contributed by atoms with E-state index in [0.717, 1.165) is 38.4 Å². The van der Waals surface area contributed by atoms with Crippen molar-refractivity contribution < 1.29 is 4.98 Å². The quantitative estimate of drug-likeness (QED) is 0.418. The molecule has 0 saturated heterocycles. The molecule has 2 N–H and O–H groups in total. The number of H-pyrrole nitrogens is 2. The van der Waals surface area contributed by atoms with E-state index >= 15 is 0 Å². The van der Waals surface area contributed by atoms with Crippen molar-refractivity contribution in [1.29, 1.82) is 0 Å². The smallest absolute Gasteiger partial charge is 0.231 e. The third kappa shape index (κ3) is 3.85. The molecule has 128 valence electrons. The van der Waals surface area contributed by atoms with Crippen LogP contribution in [0.3, 0.4) is 0 Å². The van der Waals surface area contributed by atoms with Gasteiger partial charge in [-0.15, -0.1) is 0 Å². The van der Waals surface area contributed by atoms with Crippen molar-refractivity contribution in [2.24, 2.45) is 0 Å². The highest BCUT2D eigenvalue weighted by Gasteiger charge is 2.20. The predicted molar refractivity (Wildman–Crippen MR) is 109 cm³/mol. The van der Waals surface area contributed by atoms with Crippen LogP contribution in [0.1, 0.15) is 5.56 Å². The van der Waals surface area contributed by atoms with Crippen LogP contribution in [0.4, 0.5) is 0 Å². The summed E-state index contributed by atoms with van der Waals surface area (Å²) in [5, 5.41) is 1.80. The first kappa shape index (κ1) is 17.0. The first-order chi connectivity index (χ1) is 12.8. The van der Waals surface area contributed by atoms with Crippen LogP contribution >= 0.6 is 23.4 Å². The Morgan fingerprint density at radius 3 is 2.19 bits per heavy atom. The van der Waals surface area contributed by atoms with Crippen molar-refractivity contribution in [3.05, 3.63) is 95.5 Å². The highest BCUT2D eigenvalue weighted by molar-refractivity contribution is 7.98. The van der Waals surface area contributed by atoms with Crippen molar-refractivity contribution in [3.8, 4) is 22.5 Å². The van der Waals surface area contributed by atoms with Crippen LogP contribution < -0.4 is 4.98 Å². The van der Waals surface area contributed by atoms with Crippen LogP contribution in [0, 0.1) is 0 Å². The van der Waals surface area contributed by atoms with E-state index in [1.54, 1.807) is 11.8 Å². The lowest BCUT2D eigenvalue weighted by Crippen LogP contribution is -2.05. The highest BCUT2D eigenvalue weighted by Crippen LogP contribution is 2.30. The molecule has 1 heterocycles. The molecule has 0 unspecified atom stereocenters. The maximum absolute atomic E-state index is 6.09. The number of nitrogens with one attached hydrogen (secondary N) is 2. The van der Waals surface area contributed by atoms with Crippen molar-refractivity contribution in [3.63, 3.8) is 0 Å². The van der Waals surface area contributed by atoms with E-state index in [1.165, 1.54) is 5.56 Å². The third-order valence-electron chi connectivity index (χ3n) is 4.12. The van der Waals surface area contributed by atoms with Crippen LogP contribution in [0.25, 0.3) is 22.5 Å². The molecule has 4 rings (SSSR count). The lowest BCUT2D eigenvalue weighted by molar-refractivity contribution is -0.413. The molecule has 0 aliphatic heterocycles. The van der Waals surface area contributed by atoms with E-state index in [-0.39, 0.29) is 0 Å². The van der Waals surface area contributed by atoms with Crippen molar-refractivity contribution in [1.82, 2.24) is 4.98 Å². The molecule has 0 aliphatic rings. The van der Waals surface area contributed by atoms with E-state index in [4.69, 9.17) is 11.6 Å². The largest absolute Gasteiger partial charge is 0.314 e. The van der Waals surface area contributed by atoms with Gasteiger partial charge in [0.1, 0.15) is 0 Å². The summed E-state index contributed by atoms with van der Waals surface area (Å²) in [5.74, 6) is 0.847. The number of thioether (sulfide) groups is 1. The van der Waals surface area contributed by atoms with Gasteiger partial charge in [-0.2, -0.15) is 0 Å². The van der Waals surface area contributed by atoms with Gasteiger partial charge in [0.2, 0.25) is 0 Å². The lowest BCUT2D eigenvalue weighted by Gasteiger charge is -1.98. The van der Waals surface area contributed by atoms with E-state index in [2.05, 4.69) is 64.6 Å². The monoisotopic (exact) mass is 377 g/mol. The van der Waals surface area contributed by atoms with Crippen molar-refractivity contribution >= 4 is 23.4 Å². The molecule has 0 amide bonds. The summed E-state index contributed by atoms with van der Waals surface area (Å²) in [6.07, 6.45) is 0. The Bertz CT molecular complexity index is 940. The van der Waals surface area contributed by atoms with Crippen LogP contribution in [-0.2, 0) is 5.75 Å². The van der Waals surface area contributed by atoms with Crippen LogP contribution in [0.5, 0.6) is 0 Å². The third-order valence-corrected chi connectivity index (χ3v) is 5.33. The van der Waals surface area contributed by atoms with Crippen LogP contribution in [0.2, 0.25) is 5.02 Å². The molecule has 0 atom stereocenters. The number of benzene rings is 3. The molecule has 1 aromatic heterocycles. The summed E-state index contributed by atoms with van der Waals surface area (Å²) in [5.41, 5.74) is 5.73. The predicted octanol–water partition coefficient (Wildman–Crippen LogP) is 6.11. The van der Waals surface area contributed by atoms with Gasteiger partial charge in [-0.25, -0.2) is 9.97 Å². The Morgan fingerprint density at radius 2 is 1.50 bits per heavy atom. The number of aromatic amines is 2. The minimum atomic E-state index is 0.772. The topological polar surface area (TPSA) is 29.9 Å². The highest BCUT2D eigenvalue weighted by atomic mass is 35.5. The Kier molecular flexibility index (Phi) is 5.09. The maximum Gasteiger partial charge on any atom is 0.314 e. The fourth-order valence-corrected chi connectivity index (χ4v) is 3.93. The summed E-state index contributed by atoms with van der Waals surface area (Å²) >= 11 is 7.83. The van der Waals surface area contributed by atoms with Crippen molar-refractivity contribution in [2.75, 3.05) is 0 Å². The summed E-state index contributed by atoms with van der Waals surface area (Å²) in [6.45, 7) is 0. The van der Waals surface area contributed by atoms with E-state index in [1.807, 2.05) is 30.3 Å². The molecule has 0 spiro atoms. The zero-order chi connectivity index (χ0) is 17.8. The van der Waals surface area contributed by atoms with Gasteiger partial charge >= 0.3 is 5.16 Å². The fraction of sp³-hybridized carbons (Fsp3) is 0.0455. The molecule has 2 nitrogen and oxygen atoms in total. The average molecular weight is 378 g/mol. The van der Waals surface area contributed by atoms with Gasteiger partial charge in [0.25, 0.3) is 0 Å². The van der Waals surface area contributed by atoms with E-state index in [0.29, 0.717) is 0 Å².